The maximum absolute atomic E-state index is 11.5. The molecule has 0 bridgehead atoms. The van der Waals surface area contributed by atoms with Crippen LogP contribution in [0.4, 0.5) is 0 Å². The van der Waals surface area contributed by atoms with Crippen LogP contribution >= 0.6 is 10.7 Å². The molecule has 0 radical (unpaired) electrons. The highest BCUT2D eigenvalue weighted by Gasteiger charge is 2.08. The van der Waals surface area contributed by atoms with Crippen molar-refractivity contribution in [3.63, 3.8) is 0 Å². The molecule has 0 aliphatic rings. The summed E-state index contributed by atoms with van der Waals surface area (Å²) in [6, 6.07) is 6.36. The van der Waals surface area contributed by atoms with Crippen LogP contribution in [0.2, 0.25) is 0 Å². The van der Waals surface area contributed by atoms with Gasteiger partial charge in [-0.2, -0.15) is 0 Å². The van der Waals surface area contributed by atoms with Crippen LogP contribution in [0.15, 0.2) is 29.2 Å². The molecule has 4 nitrogen and oxygen atoms in total. The summed E-state index contributed by atoms with van der Waals surface area (Å²) >= 11 is 0. The van der Waals surface area contributed by atoms with Gasteiger partial charge in [-0.3, -0.25) is 4.79 Å². The van der Waals surface area contributed by atoms with Crippen LogP contribution in [0, 0.1) is 0 Å². The Hall–Kier alpha value is -1.07. The van der Waals surface area contributed by atoms with E-state index in [-0.39, 0.29) is 10.8 Å². The van der Waals surface area contributed by atoms with Crippen molar-refractivity contribution in [3.05, 3.63) is 29.8 Å². The van der Waals surface area contributed by atoms with Crippen molar-refractivity contribution < 1.29 is 13.2 Å². The minimum atomic E-state index is -3.66. The van der Waals surface area contributed by atoms with E-state index in [4.69, 9.17) is 10.7 Å². The molecule has 1 rings (SSSR count). The molecular weight excluding hydrogens is 298 g/mol. The van der Waals surface area contributed by atoms with Crippen LogP contribution < -0.4 is 5.32 Å². The Kier molecular flexibility index (Phi) is 7.02. The Labute approximate surface area is 124 Å². The molecular formula is C14H20ClNO3S. The summed E-state index contributed by atoms with van der Waals surface area (Å²) in [7, 11) is 1.57. The number of rotatable bonds is 8. The third kappa shape index (κ3) is 6.39. The zero-order chi connectivity index (χ0) is 15.0. The first-order valence-corrected chi connectivity index (χ1v) is 9.04. The Morgan fingerprint density at radius 1 is 1.20 bits per heavy atom. The molecule has 0 aliphatic carbocycles. The quantitative estimate of drug-likeness (QED) is 0.592. The number of carbonyl (C=O) groups excluding carboxylic acids is 1. The predicted octanol–water partition coefficient (Wildman–Crippen LogP) is 2.85. The van der Waals surface area contributed by atoms with E-state index in [1.165, 1.54) is 12.1 Å². The summed E-state index contributed by atoms with van der Waals surface area (Å²) in [5.74, 6) is 0.0680. The highest BCUT2D eigenvalue weighted by Crippen LogP contribution is 2.15. The fourth-order valence-electron chi connectivity index (χ4n) is 1.79. The highest BCUT2D eigenvalue weighted by atomic mass is 35.7. The number of amides is 1. The SMILES string of the molecule is CCCCCC(=O)NCCc1ccc(S(=O)(=O)Cl)cc1. The third-order valence-electron chi connectivity index (χ3n) is 2.95. The molecule has 0 atom stereocenters. The smallest absolute Gasteiger partial charge is 0.261 e. The summed E-state index contributed by atoms with van der Waals surface area (Å²) in [5.41, 5.74) is 0.961. The van der Waals surface area contributed by atoms with Gasteiger partial charge in [0.2, 0.25) is 5.91 Å². The fraction of sp³-hybridized carbons (Fsp3) is 0.500. The predicted molar refractivity (Wildman–Crippen MR) is 80.3 cm³/mol. The van der Waals surface area contributed by atoms with Gasteiger partial charge in [0.25, 0.3) is 9.05 Å². The summed E-state index contributed by atoms with van der Waals surface area (Å²) < 4.78 is 22.2. The van der Waals surface area contributed by atoms with Crippen molar-refractivity contribution >= 4 is 25.6 Å². The molecule has 0 unspecified atom stereocenters. The molecule has 1 aromatic carbocycles. The zero-order valence-corrected chi connectivity index (χ0v) is 13.1. The second-order valence-corrected chi connectivity index (χ2v) is 7.20. The molecule has 0 heterocycles. The second kappa shape index (κ2) is 8.27. The molecule has 6 heteroatoms. The Morgan fingerprint density at radius 3 is 2.40 bits per heavy atom. The lowest BCUT2D eigenvalue weighted by Crippen LogP contribution is -2.25. The van der Waals surface area contributed by atoms with Gasteiger partial charge in [0.1, 0.15) is 0 Å². The van der Waals surface area contributed by atoms with Gasteiger partial charge in [0, 0.05) is 23.6 Å². The van der Waals surface area contributed by atoms with Crippen LogP contribution in [-0.2, 0) is 20.3 Å². The average molecular weight is 318 g/mol. The van der Waals surface area contributed by atoms with Crippen molar-refractivity contribution in [2.24, 2.45) is 0 Å². The number of halogens is 1. The van der Waals surface area contributed by atoms with Gasteiger partial charge in [0.15, 0.2) is 0 Å². The van der Waals surface area contributed by atoms with Crippen molar-refractivity contribution in [1.82, 2.24) is 5.32 Å². The lowest BCUT2D eigenvalue weighted by atomic mass is 10.1. The molecule has 0 aromatic heterocycles. The van der Waals surface area contributed by atoms with Gasteiger partial charge in [0.05, 0.1) is 4.90 Å². The lowest BCUT2D eigenvalue weighted by Gasteiger charge is -2.05. The minimum Gasteiger partial charge on any atom is -0.356 e. The molecule has 0 saturated heterocycles. The van der Waals surface area contributed by atoms with Crippen molar-refractivity contribution in [2.45, 2.75) is 43.9 Å². The fourth-order valence-corrected chi connectivity index (χ4v) is 2.56. The van der Waals surface area contributed by atoms with Gasteiger partial charge in [-0.25, -0.2) is 8.42 Å². The van der Waals surface area contributed by atoms with Gasteiger partial charge in [-0.15, -0.1) is 0 Å². The van der Waals surface area contributed by atoms with Crippen LogP contribution in [0.5, 0.6) is 0 Å². The van der Waals surface area contributed by atoms with Crippen molar-refractivity contribution in [2.75, 3.05) is 6.54 Å². The number of unbranched alkanes of at least 4 members (excludes halogenated alkanes) is 2. The summed E-state index contributed by atoms with van der Waals surface area (Å²) in [4.78, 5) is 11.6. The van der Waals surface area contributed by atoms with Crippen molar-refractivity contribution in [3.8, 4) is 0 Å². The van der Waals surface area contributed by atoms with Gasteiger partial charge in [-0.05, 0) is 30.5 Å². The van der Waals surface area contributed by atoms with E-state index in [0.29, 0.717) is 19.4 Å². The number of nitrogens with one attached hydrogen (secondary N) is 1. The monoisotopic (exact) mass is 317 g/mol. The first kappa shape index (κ1) is 17.0. The Morgan fingerprint density at radius 2 is 1.85 bits per heavy atom. The van der Waals surface area contributed by atoms with Gasteiger partial charge in [-0.1, -0.05) is 31.9 Å². The number of carbonyl (C=O) groups is 1. The molecule has 112 valence electrons. The maximum atomic E-state index is 11.5. The third-order valence-corrected chi connectivity index (χ3v) is 4.32. The standard InChI is InChI=1S/C14H20ClNO3S/c1-2-3-4-5-14(17)16-11-10-12-6-8-13(9-7-12)20(15,18)19/h6-9H,2-5,10-11H2,1H3,(H,16,17). The second-order valence-electron chi connectivity index (χ2n) is 4.64. The number of benzene rings is 1. The Balaban J connectivity index is 2.34. The van der Waals surface area contributed by atoms with E-state index in [9.17, 15) is 13.2 Å². The number of hydrogen-bond donors (Lipinski definition) is 1. The summed E-state index contributed by atoms with van der Waals surface area (Å²) in [5, 5.41) is 2.85. The summed E-state index contributed by atoms with van der Waals surface area (Å²) in [6.45, 7) is 2.65. The van der Waals surface area contributed by atoms with E-state index in [1.54, 1.807) is 12.1 Å². The maximum Gasteiger partial charge on any atom is 0.261 e. The van der Waals surface area contributed by atoms with Crippen LogP contribution in [-0.4, -0.2) is 20.9 Å². The average Bonchev–Trinajstić information content (AvgIpc) is 2.38. The molecule has 0 saturated carbocycles. The molecule has 20 heavy (non-hydrogen) atoms. The zero-order valence-electron chi connectivity index (χ0n) is 11.6. The highest BCUT2D eigenvalue weighted by molar-refractivity contribution is 8.13. The van der Waals surface area contributed by atoms with E-state index < -0.39 is 9.05 Å². The van der Waals surface area contributed by atoms with E-state index in [0.717, 1.165) is 24.8 Å². The normalized spacial score (nSPS) is 11.3. The molecule has 0 aliphatic heterocycles. The van der Waals surface area contributed by atoms with Crippen LogP contribution in [0.1, 0.15) is 38.2 Å². The van der Waals surface area contributed by atoms with E-state index in [2.05, 4.69) is 12.2 Å². The summed E-state index contributed by atoms with van der Waals surface area (Å²) in [6.07, 6.45) is 4.33. The Bertz CT molecular complexity index is 526. The molecule has 0 fully saturated rings. The van der Waals surface area contributed by atoms with Crippen LogP contribution in [0.25, 0.3) is 0 Å². The van der Waals surface area contributed by atoms with Crippen molar-refractivity contribution in [1.29, 1.82) is 0 Å². The topological polar surface area (TPSA) is 63.2 Å². The first-order chi connectivity index (χ1) is 9.43. The van der Waals surface area contributed by atoms with E-state index >= 15 is 0 Å². The van der Waals surface area contributed by atoms with Gasteiger partial charge >= 0.3 is 0 Å². The first-order valence-electron chi connectivity index (χ1n) is 6.74. The number of hydrogen-bond acceptors (Lipinski definition) is 3. The molecule has 1 aromatic rings. The molecule has 0 spiro atoms. The lowest BCUT2D eigenvalue weighted by molar-refractivity contribution is -0.121. The van der Waals surface area contributed by atoms with Crippen LogP contribution in [0.3, 0.4) is 0 Å². The molecule has 1 amide bonds. The molecule has 1 N–H and O–H groups in total. The van der Waals surface area contributed by atoms with Gasteiger partial charge < -0.3 is 5.32 Å². The van der Waals surface area contributed by atoms with E-state index in [1.807, 2.05) is 0 Å². The largest absolute Gasteiger partial charge is 0.356 e. The minimum absolute atomic E-state index is 0.0680.